The van der Waals surface area contributed by atoms with E-state index in [9.17, 15) is 16.8 Å². The Morgan fingerprint density at radius 2 is 1.10 bits per heavy atom. The van der Waals surface area contributed by atoms with E-state index in [2.05, 4.69) is 33.9 Å². The van der Waals surface area contributed by atoms with Crippen LogP contribution in [0.2, 0.25) is 18.1 Å². The average molecular weight is 471 g/mol. The lowest BCUT2D eigenvalue weighted by molar-refractivity contribution is 0.131. The summed E-state index contributed by atoms with van der Waals surface area (Å²) in [6.45, 7) is 11.2. The Labute approximate surface area is 179 Å². The maximum atomic E-state index is 11.5. The molecule has 2 fully saturated rings. The van der Waals surface area contributed by atoms with E-state index in [1.54, 1.807) is 0 Å². The van der Waals surface area contributed by atoms with Crippen molar-refractivity contribution in [2.75, 3.05) is 12.5 Å². The smallest absolute Gasteiger partial charge is 0.192 e. The maximum absolute atomic E-state index is 11.5. The summed E-state index contributed by atoms with van der Waals surface area (Å²) >= 11 is 0. The molecule has 0 amide bonds. The van der Waals surface area contributed by atoms with Gasteiger partial charge in [0.25, 0.3) is 0 Å². The molecule has 0 heterocycles. The van der Waals surface area contributed by atoms with E-state index < -0.39 is 28.0 Å². The minimum atomic E-state index is -2.87. The lowest BCUT2D eigenvalue weighted by Gasteiger charge is -2.41. The highest BCUT2D eigenvalue weighted by Crippen LogP contribution is 2.39. The van der Waals surface area contributed by atoms with Gasteiger partial charge in [0.15, 0.2) is 8.32 Å². The Morgan fingerprint density at radius 3 is 1.41 bits per heavy atom. The van der Waals surface area contributed by atoms with Crippen molar-refractivity contribution in [2.24, 2.45) is 0 Å². The minimum Gasteiger partial charge on any atom is -0.414 e. The van der Waals surface area contributed by atoms with Crippen LogP contribution in [0.1, 0.15) is 72.1 Å². The Balaban J connectivity index is 0.000000326. The van der Waals surface area contributed by atoms with Crippen LogP contribution in [0.5, 0.6) is 0 Å². The standard InChI is InChI=1S/C13H28O3SSi.C7H14O3S/c1-13(2,3)18(5,6)16-11-7-9-12(10-8-11)17(4,14)15;1-11(9,10)7-4-2-6(8)3-5-7/h11-12H,7-10H2,1-6H3;6-8H,2-5H2,1H3. The molecule has 2 aliphatic rings. The van der Waals surface area contributed by atoms with Crippen molar-refractivity contribution in [3.05, 3.63) is 0 Å². The van der Waals surface area contributed by atoms with E-state index >= 15 is 0 Å². The van der Waals surface area contributed by atoms with Crippen LogP contribution in [0.3, 0.4) is 0 Å². The zero-order valence-corrected chi connectivity index (χ0v) is 21.9. The first-order valence-electron chi connectivity index (χ1n) is 10.7. The largest absolute Gasteiger partial charge is 0.414 e. The molecule has 0 unspecified atom stereocenters. The molecule has 9 heteroatoms. The van der Waals surface area contributed by atoms with E-state index in [-0.39, 0.29) is 27.7 Å². The van der Waals surface area contributed by atoms with Gasteiger partial charge in [0, 0.05) is 18.6 Å². The summed E-state index contributed by atoms with van der Waals surface area (Å²) in [6.07, 6.45) is 8.46. The van der Waals surface area contributed by atoms with Crippen molar-refractivity contribution >= 4 is 28.0 Å². The van der Waals surface area contributed by atoms with Crippen LogP contribution in [0, 0.1) is 0 Å². The van der Waals surface area contributed by atoms with Crippen molar-refractivity contribution < 1.29 is 26.4 Å². The quantitative estimate of drug-likeness (QED) is 0.629. The fourth-order valence-electron chi connectivity index (χ4n) is 3.65. The minimum absolute atomic E-state index is 0.142. The van der Waals surface area contributed by atoms with Gasteiger partial charge in [0.05, 0.1) is 16.6 Å². The van der Waals surface area contributed by atoms with Gasteiger partial charge in [-0.2, -0.15) is 0 Å². The highest BCUT2D eigenvalue weighted by molar-refractivity contribution is 7.91. The monoisotopic (exact) mass is 470 g/mol. The third-order valence-corrected chi connectivity index (χ3v) is 14.6. The molecule has 0 aromatic rings. The molecule has 0 saturated heterocycles. The van der Waals surface area contributed by atoms with Gasteiger partial charge in [-0.05, 0) is 69.5 Å². The highest BCUT2D eigenvalue weighted by Gasteiger charge is 2.40. The molecule has 0 aromatic heterocycles. The molecule has 0 aromatic carbocycles. The molecule has 0 bridgehead atoms. The zero-order chi connectivity index (χ0) is 22.7. The second-order valence-electron chi connectivity index (χ2n) is 10.4. The molecule has 0 radical (unpaired) electrons. The van der Waals surface area contributed by atoms with E-state index in [1.165, 1.54) is 12.5 Å². The predicted octanol–water partition coefficient (Wildman–Crippen LogP) is 3.70. The molecular formula is C20H42O6S2Si. The second kappa shape index (κ2) is 10.1. The lowest BCUT2D eigenvalue weighted by Crippen LogP contribution is -2.45. The molecule has 29 heavy (non-hydrogen) atoms. The maximum Gasteiger partial charge on any atom is 0.192 e. The molecule has 6 nitrogen and oxygen atoms in total. The molecule has 2 rings (SSSR count). The van der Waals surface area contributed by atoms with Crippen LogP contribution < -0.4 is 0 Å². The van der Waals surface area contributed by atoms with Crippen molar-refractivity contribution in [2.45, 2.75) is 113 Å². The highest BCUT2D eigenvalue weighted by atomic mass is 32.2. The number of rotatable bonds is 4. The average Bonchev–Trinajstić information content (AvgIpc) is 2.53. The normalized spacial score (nSPS) is 29.7. The van der Waals surface area contributed by atoms with Crippen molar-refractivity contribution in [3.63, 3.8) is 0 Å². The molecular weight excluding hydrogens is 428 g/mol. The Morgan fingerprint density at radius 1 is 0.759 bits per heavy atom. The van der Waals surface area contributed by atoms with Crippen molar-refractivity contribution in [3.8, 4) is 0 Å². The Kier molecular flexibility index (Phi) is 9.43. The van der Waals surface area contributed by atoms with Crippen molar-refractivity contribution in [1.82, 2.24) is 0 Å². The Bertz CT molecular complexity index is 709. The molecule has 174 valence electrons. The van der Waals surface area contributed by atoms with E-state index in [0.29, 0.717) is 25.7 Å². The molecule has 0 atom stereocenters. The van der Waals surface area contributed by atoms with E-state index in [4.69, 9.17) is 9.53 Å². The first kappa shape index (κ1) is 27.1. The van der Waals surface area contributed by atoms with Gasteiger partial charge < -0.3 is 9.53 Å². The van der Waals surface area contributed by atoms with Gasteiger partial charge in [0.2, 0.25) is 0 Å². The first-order valence-corrected chi connectivity index (χ1v) is 17.5. The SMILES string of the molecule is CC(C)(C)[Si](C)(C)OC1CCC(S(C)(=O)=O)CC1.CS(=O)(=O)C1CCC(O)CC1. The van der Waals surface area contributed by atoms with Crippen molar-refractivity contribution in [1.29, 1.82) is 0 Å². The molecule has 0 spiro atoms. The van der Waals surface area contributed by atoms with E-state index in [0.717, 1.165) is 25.7 Å². The number of aliphatic hydroxyl groups excluding tert-OH is 1. The molecule has 0 aliphatic heterocycles. The number of hydrogen-bond donors (Lipinski definition) is 1. The fraction of sp³-hybridized carbons (Fsp3) is 1.00. The summed E-state index contributed by atoms with van der Waals surface area (Å²) in [4.78, 5) is 0. The van der Waals surface area contributed by atoms with Crippen LogP contribution in [0.25, 0.3) is 0 Å². The summed E-state index contributed by atoms with van der Waals surface area (Å²) in [6, 6.07) is 0. The van der Waals surface area contributed by atoms with Crippen LogP contribution >= 0.6 is 0 Å². The predicted molar refractivity (Wildman–Crippen MR) is 122 cm³/mol. The summed E-state index contributed by atoms with van der Waals surface area (Å²) in [5.41, 5.74) is 0. The third kappa shape index (κ3) is 8.97. The van der Waals surface area contributed by atoms with Gasteiger partial charge in [-0.15, -0.1) is 0 Å². The second-order valence-corrected chi connectivity index (χ2v) is 19.8. The van der Waals surface area contributed by atoms with Crippen LogP contribution in [-0.2, 0) is 24.1 Å². The number of aliphatic hydroxyl groups is 1. The van der Waals surface area contributed by atoms with Crippen LogP contribution in [0.4, 0.5) is 0 Å². The summed E-state index contributed by atoms with van der Waals surface area (Å²) in [7, 11) is -7.44. The molecule has 2 aliphatic carbocycles. The third-order valence-electron chi connectivity index (χ3n) is 6.74. The van der Waals surface area contributed by atoms with Crippen LogP contribution in [0.15, 0.2) is 0 Å². The summed E-state index contributed by atoms with van der Waals surface area (Å²) < 4.78 is 51.4. The van der Waals surface area contributed by atoms with Crippen LogP contribution in [-0.4, -0.2) is 65.5 Å². The fourth-order valence-corrected chi connectivity index (χ4v) is 7.32. The molecule has 1 N–H and O–H groups in total. The van der Waals surface area contributed by atoms with Gasteiger partial charge in [-0.1, -0.05) is 20.8 Å². The van der Waals surface area contributed by atoms with Gasteiger partial charge in [-0.3, -0.25) is 0 Å². The Hall–Kier alpha value is 0.0369. The lowest BCUT2D eigenvalue weighted by atomic mass is 9.97. The number of sulfone groups is 2. The summed E-state index contributed by atoms with van der Waals surface area (Å²) in [5, 5.41) is 8.98. The first-order chi connectivity index (χ1) is 12.9. The zero-order valence-electron chi connectivity index (χ0n) is 19.3. The van der Waals surface area contributed by atoms with Gasteiger partial charge in [-0.25, -0.2) is 16.8 Å². The number of hydrogen-bond acceptors (Lipinski definition) is 6. The van der Waals surface area contributed by atoms with Gasteiger partial charge >= 0.3 is 0 Å². The molecule has 2 saturated carbocycles. The summed E-state index contributed by atoms with van der Waals surface area (Å²) in [5.74, 6) is 0. The van der Waals surface area contributed by atoms with E-state index in [1.807, 2.05) is 0 Å². The van der Waals surface area contributed by atoms with Gasteiger partial charge in [0.1, 0.15) is 19.7 Å². The topological polar surface area (TPSA) is 97.7 Å².